The smallest absolute Gasteiger partial charge is 0.308 e. The molecule has 0 aromatic heterocycles. The van der Waals surface area contributed by atoms with E-state index in [0.29, 0.717) is 16.4 Å². The number of rotatable bonds is 7. The molecule has 0 saturated carbocycles. The largest absolute Gasteiger partial charge is 0.323 e. The molecule has 0 spiro atoms. The second-order valence-corrected chi connectivity index (χ2v) is 11.6. The standard InChI is InChI=1S/C25H20ClN3O5S2/c26-18-6-12-24(13-7-18)36(33,34)29-21-10-16-23(17-11-21)35(31,32)22-14-8-20(9-15-22)28-25(30)27-19-4-2-1-3-5-19/h1-17,29H,(H2,27,28,30). The lowest BCUT2D eigenvalue weighted by molar-refractivity contribution is 0.262. The number of sulfonamides is 1. The Morgan fingerprint density at radius 3 is 1.53 bits per heavy atom. The molecule has 184 valence electrons. The molecule has 11 heteroatoms. The van der Waals surface area contributed by atoms with Gasteiger partial charge in [-0.05, 0) is 84.9 Å². The first-order chi connectivity index (χ1) is 17.1. The summed E-state index contributed by atoms with van der Waals surface area (Å²) in [5, 5.41) is 5.71. The van der Waals surface area contributed by atoms with Crippen LogP contribution in [0.2, 0.25) is 5.02 Å². The number of urea groups is 1. The van der Waals surface area contributed by atoms with Gasteiger partial charge in [0.25, 0.3) is 10.0 Å². The lowest BCUT2D eigenvalue weighted by Crippen LogP contribution is -2.19. The van der Waals surface area contributed by atoms with Crippen LogP contribution in [0.3, 0.4) is 0 Å². The zero-order valence-corrected chi connectivity index (χ0v) is 20.9. The molecule has 4 aromatic rings. The van der Waals surface area contributed by atoms with Crippen molar-refractivity contribution in [1.82, 2.24) is 0 Å². The first kappa shape index (κ1) is 25.2. The predicted molar refractivity (Wildman–Crippen MR) is 140 cm³/mol. The molecule has 36 heavy (non-hydrogen) atoms. The average Bonchev–Trinajstić information content (AvgIpc) is 2.85. The van der Waals surface area contributed by atoms with Crippen LogP contribution in [0.15, 0.2) is 118 Å². The van der Waals surface area contributed by atoms with Crippen molar-refractivity contribution in [2.75, 3.05) is 15.4 Å². The summed E-state index contributed by atoms with van der Waals surface area (Å²) < 4.78 is 53.5. The van der Waals surface area contributed by atoms with Gasteiger partial charge in [0.15, 0.2) is 0 Å². The van der Waals surface area contributed by atoms with Crippen molar-refractivity contribution < 1.29 is 21.6 Å². The maximum atomic E-state index is 13.0. The highest BCUT2D eigenvalue weighted by Gasteiger charge is 2.19. The van der Waals surface area contributed by atoms with Crippen molar-refractivity contribution in [3.8, 4) is 0 Å². The Labute approximate surface area is 213 Å². The third kappa shape index (κ3) is 6.03. The number of benzene rings is 4. The minimum Gasteiger partial charge on any atom is -0.308 e. The normalized spacial score (nSPS) is 11.5. The number of nitrogens with one attached hydrogen (secondary N) is 3. The molecule has 4 aromatic carbocycles. The molecule has 3 N–H and O–H groups in total. The number of sulfone groups is 1. The molecule has 0 bridgehead atoms. The maximum Gasteiger partial charge on any atom is 0.323 e. The molecule has 8 nitrogen and oxygen atoms in total. The summed E-state index contributed by atoms with van der Waals surface area (Å²) >= 11 is 5.80. The summed E-state index contributed by atoms with van der Waals surface area (Å²) in [7, 11) is -7.73. The van der Waals surface area contributed by atoms with Crippen LogP contribution in [0, 0.1) is 0 Å². The first-order valence-electron chi connectivity index (χ1n) is 10.5. The van der Waals surface area contributed by atoms with Crippen molar-refractivity contribution in [1.29, 1.82) is 0 Å². The fourth-order valence-electron chi connectivity index (χ4n) is 3.20. The molecule has 4 rings (SSSR count). The second-order valence-electron chi connectivity index (χ2n) is 7.56. The number of para-hydroxylation sites is 1. The molecular formula is C25H20ClN3O5S2. The van der Waals surface area contributed by atoms with E-state index in [2.05, 4.69) is 15.4 Å². The fourth-order valence-corrected chi connectivity index (χ4v) is 5.64. The summed E-state index contributed by atoms with van der Waals surface area (Å²) in [6.45, 7) is 0. The summed E-state index contributed by atoms with van der Waals surface area (Å²) in [6, 6.07) is 25.2. The van der Waals surface area contributed by atoms with Gasteiger partial charge in [-0.25, -0.2) is 21.6 Å². The Hall–Kier alpha value is -3.86. The lowest BCUT2D eigenvalue weighted by Gasteiger charge is -2.10. The molecule has 0 atom stereocenters. The lowest BCUT2D eigenvalue weighted by atomic mass is 10.3. The van der Waals surface area contributed by atoms with Gasteiger partial charge in [0.1, 0.15) is 0 Å². The van der Waals surface area contributed by atoms with E-state index < -0.39 is 25.9 Å². The molecule has 0 fully saturated rings. The zero-order chi connectivity index (χ0) is 25.8. The second kappa shape index (κ2) is 10.4. The average molecular weight is 542 g/mol. The van der Waals surface area contributed by atoms with Gasteiger partial charge in [-0.15, -0.1) is 0 Å². The Bertz CT molecular complexity index is 1570. The van der Waals surface area contributed by atoms with Crippen LogP contribution < -0.4 is 15.4 Å². The van der Waals surface area contributed by atoms with Gasteiger partial charge in [0.05, 0.1) is 14.7 Å². The minimum atomic E-state index is -3.87. The maximum absolute atomic E-state index is 13.0. The molecular weight excluding hydrogens is 522 g/mol. The molecule has 0 aliphatic heterocycles. The van der Waals surface area contributed by atoms with Gasteiger partial charge >= 0.3 is 6.03 Å². The van der Waals surface area contributed by atoms with E-state index >= 15 is 0 Å². The number of hydrogen-bond donors (Lipinski definition) is 3. The van der Waals surface area contributed by atoms with Crippen LogP contribution in [0.4, 0.5) is 21.9 Å². The number of carbonyl (C=O) groups excluding carboxylic acids is 1. The van der Waals surface area contributed by atoms with Crippen molar-refractivity contribution >= 4 is 54.6 Å². The van der Waals surface area contributed by atoms with Gasteiger partial charge in [-0.1, -0.05) is 29.8 Å². The topological polar surface area (TPSA) is 121 Å². The van der Waals surface area contributed by atoms with E-state index in [9.17, 15) is 21.6 Å². The van der Waals surface area contributed by atoms with E-state index in [0.717, 1.165) is 0 Å². The van der Waals surface area contributed by atoms with Gasteiger partial charge in [0, 0.05) is 22.1 Å². The van der Waals surface area contributed by atoms with Crippen molar-refractivity contribution in [3.63, 3.8) is 0 Å². The first-order valence-corrected chi connectivity index (χ1v) is 13.8. The van der Waals surface area contributed by atoms with E-state index in [-0.39, 0.29) is 20.4 Å². The third-order valence-corrected chi connectivity index (χ3v) is 8.43. The third-order valence-electron chi connectivity index (χ3n) is 4.99. The van der Waals surface area contributed by atoms with Crippen LogP contribution >= 0.6 is 11.6 Å². The molecule has 0 radical (unpaired) electrons. The van der Waals surface area contributed by atoms with E-state index in [1.807, 2.05) is 6.07 Å². The fraction of sp³-hybridized carbons (Fsp3) is 0. The van der Waals surface area contributed by atoms with Gasteiger partial charge in [-0.3, -0.25) is 4.72 Å². The highest BCUT2D eigenvalue weighted by atomic mass is 35.5. The van der Waals surface area contributed by atoms with Crippen molar-refractivity contribution in [3.05, 3.63) is 108 Å². The summed E-state index contributed by atoms with van der Waals surface area (Å²) in [4.78, 5) is 12.2. The van der Waals surface area contributed by atoms with Gasteiger partial charge < -0.3 is 10.6 Å². The molecule has 0 saturated heterocycles. The van der Waals surface area contributed by atoms with Crippen LogP contribution in [-0.2, 0) is 19.9 Å². The number of amides is 2. The van der Waals surface area contributed by atoms with Crippen molar-refractivity contribution in [2.24, 2.45) is 0 Å². The SMILES string of the molecule is O=C(Nc1ccccc1)Nc1ccc(S(=O)(=O)c2ccc(NS(=O)(=O)c3ccc(Cl)cc3)cc2)cc1. The molecule has 2 amide bonds. The Kier molecular flexibility index (Phi) is 7.30. The quantitative estimate of drug-likeness (QED) is 0.280. The molecule has 0 heterocycles. The van der Waals surface area contributed by atoms with E-state index in [1.54, 1.807) is 24.3 Å². The van der Waals surface area contributed by atoms with Crippen LogP contribution in [0.25, 0.3) is 0 Å². The van der Waals surface area contributed by atoms with E-state index in [4.69, 9.17) is 11.6 Å². The van der Waals surface area contributed by atoms with Crippen LogP contribution in [0.1, 0.15) is 0 Å². The Morgan fingerprint density at radius 1 is 0.556 bits per heavy atom. The number of carbonyl (C=O) groups is 1. The highest BCUT2D eigenvalue weighted by molar-refractivity contribution is 7.92. The minimum absolute atomic E-state index is 0.0144. The molecule has 0 aliphatic carbocycles. The number of halogens is 1. The predicted octanol–water partition coefficient (Wildman–Crippen LogP) is 5.62. The summed E-state index contributed by atoms with van der Waals surface area (Å²) in [5.41, 5.74) is 1.23. The Balaban J connectivity index is 1.44. The van der Waals surface area contributed by atoms with Gasteiger partial charge in [0.2, 0.25) is 9.84 Å². The highest BCUT2D eigenvalue weighted by Crippen LogP contribution is 2.25. The van der Waals surface area contributed by atoms with Crippen molar-refractivity contribution in [2.45, 2.75) is 14.7 Å². The zero-order valence-electron chi connectivity index (χ0n) is 18.6. The molecule has 0 aliphatic rings. The number of hydrogen-bond acceptors (Lipinski definition) is 5. The monoisotopic (exact) mass is 541 g/mol. The molecule has 0 unspecified atom stereocenters. The summed E-state index contributed by atoms with van der Waals surface area (Å²) in [5.74, 6) is 0. The number of anilines is 3. The van der Waals surface area contributed by atoms with Crippen LogP contribution in [0.5, 0.6) is 0 Å². The summed E-state index contributed by atoms with van der Waals surface area (Å²) in [6.07, 6.45) is 0. The van der Waals surface area contributed by atoms with E-state index in [1.165, 1.54) is 72.8 Å². The Morgan fingerprint density at radius 2 is 1.00 bits per heavy atom. The van der Waals surface area contributed by atoms with Gasteiger partial charge in [-0.2, -0.15) is 0 Å². The van der Waals surface area contributed by atoms with Crippen LogP contribution in [-0.4, -0.2) is 22.9 Å².